The van der Waals surface area contributed by atoms with Crippen LogP contribution in [0, 0.1) is 10.1 Å². The minimum absolute atomic E-state index is 0.0419. The second-order valence-corrected chi connectivity index (χ2v) is 4.96. The van der Waals surface area contributed by atoms with Crippen molar-refractivity contribution in [1.29, 1.82) is 0 Å². The molecule has 5 nitrogen and oxygen atoms in total. The summed E-state index contributed by atoms with van der Waals surface area (Å²) >= 11 is 0. The van der Waals surface area contributed by atoms with Gasteiger partial charge in [-0.2, -0.15) is 0 Å². The fraction of sp³-hybridized carbons (Fsp3) is 0.188. The fourth-order valence-electron chi connectivity index (χ4n) is 2.43. The number of nitro benzene ring substituents is 1. The summed E-state index contributed by atoms with van der Waals surface area (Å²) in [5.41, 5.74) is 2.55. The SMILES string of the molecule is O=C1CCc2ccc(OCc3cccc([N+](=O)[O-])c3)cc21. The number of ketones is 1. The number of hydrogen-bond acceptors (Lipinski definition) is 4. The van der Waals surface area contributed by atoms with Crippen LogP contribution in [0.4, 0.5) is 5.69 Å². The molecule has 0 saturated heterocycles. The Morgan fingerprint density at radius 3 is 2.81 bits per heavy atom. The van der Waals surface area contributed by atoms with E-state index in [9.17, 15) is 14.9 Å². The maximum Gasteiger partial charge on any atom is 0.269 e. The summed E-state index contributed by atoms with van der Waals surface area (Å²) in [6.07, 6.45) is 1.35. The number of hydrogen-bond donors (Lipinski definition) is 0. The highest BCUT2D eigenvalue weighted by molar-refractivity contribution is 6.00. The molecule has 2 aromatic rings. The normalized spacial score (nSPS) is 13.0. The average Bonchev–Trinajstić information content (AvgIpc) is 2.86. The first-order valence-corrected chi connectivity index (χ1v) is 6.66. The van der Waals surface area contributed by atoms with Crippen molar-refractivity contribution in [3.63, 3.8) is 0 Å². The van der Waals surface area contributed by atoms with E-state index >= 15 is 0 Å². The molecule has 106 valence electrons. The van der Waals surface area contributed by atoms with Gasteiger partial charge in [0, 0.05) is 24.1 Å². The van der Waals surface area contributed by atoms with Crippen LogP contribution in [-0.2, 0) is 13.0 Å². The van der Waals surface area contributed by atoms with E-state index in [0.717, 1.165) is 23.1 Å². The summed E-state index contributed by atoms with van der Waals surface area (Å²) in [6, 6.07) is 11.8. The summed E-state index contributed by atoms with van der Waals surface area (Å²) in [7, 11) is 0. The molecule has 1 aliphatic rings. The first-order chi connectivity index (χ1) is 10.1. The van der Waals surface area contributed by atoms with E-state index in [1.807, 2.05) is 12.1 Å². The van der Waals surface area contributed by atoms with Crippen molar-refractivity contribution >= 4 is 11.5 Å². The number of ether oxygens (including phenoxy) is 1. The molecule has 5 heteroatoms. The van der Waals surface area contributed by atoms with Gasteiger partial charge in [-0.25, -0.2) is 0 Å². The smallest absolute Gasteiger partial charge is 0.269 e. The predicted octanol–water partition coefficient (Wildman–Crippen LogP) is 3.30. The third-order valence-electron chi connectivity index (χ3n) is 3.53. The third-order valence-corrected chi connectivity index (χ3v) is 3.53. The largest absolute Gasteiger partial charge is 0.489 e. The molecule has 0 heterocycles. The summed E-state index contributed by atoms with van der Waals surface area (Å²) in [4.78, 5) is 22.0. The number of aryl methyl sites for hydroxylation is 1. The van der Waals surface area contributed by atoms with Gasteiger partial charge in [-0.05, 0) is 29.7 Å². The molecular weight excluding hydrogens is 270 g/mol. The van der Waals surface area contributed by atoms with Crippen molar-refractivity contribution < 1.29 is 14.5 Å². The first-order valence-electron chi connectivity index (χ1n) is 6.66. The second kappa shape index (κ2) is 5.36. The van der Waals surface area contributed by atoms with Crippen molar-refractivity contribution in [3.05, 3.63) is 69.3 Å². The van der Waals surface area contributed by atoms with Gasteiger partial charge in [-0.15, -0.1) is 0 Å². The molecule has 0 saturated carbocycles. The highest BCUT2D eigenvalue weighted by Crippen LogP contribution is 2.26. The molecule has 0 bridgehead atoms. The molecule has 0 spiro atoms. The number of carbonyl (C=O) groups is 1. The van der Waals surface area contributed by atoms with Crippen LogP contribution in [0.5, 0.6) is 5.75 Å². The number of non-ortho nitro benzene ring substituents is 1. The Labute approximate surface area is 121 Å². The zero-order chi connectivity index (χ0) is 14.8. The van der Waals surface area contributed by atoms with Gasteiger partial charge in [0.2, 0.25) is 0 Å². The van der Waals surface area contributed by atoms with E-state index in [0.29, 0.717) is 12.2 Å². The summed E-state index contributed by atoms with van der Waals surface area (Å²) < 4.78 is 5.63. The van der Waals surface area contributed by atoms with E-state index in [1.165, 1.54) is 12.1 Å². The van der Waals surface area contributed by atoms with Crippen LogP contribution in [0.25, 0.3) is 0 Å². The topological polar surface area (TPSA) is 69.4 Å². The molecule has 0 fully saturated rings. The van der Waals surface area contributed by atoms with Crippen molar-refractivity contribution in [2.45, 2.75) is 19.4 Å². The van der Waals surface area contributed by atoms with E-state index in [-0.39, 0.29) is 18.1 Å². The van der Waals surface area contributed by atoms with Gasteiger partial charge in [0.05, 0.1) is 4.92 Å². The predicted molar refractivity (Wildman–Crippen MR) is 76.5 cm³/mol. The Morgan fingerprint density at radius 2 is 2.00 bits per heavy atom. The van der Waals surface area contributed by atoms with E-state index in [4.69, 9.17) is 4.74 Å². The Balaban J connectivity index is 1.73. The lowest BCUT2D eigenvalue weighted by Gasteiger charge is -2.07. The molecular formula is C16H13NO4. The lowest BCUT2D eigenvalue weighted by molar-refractivity contribution is -0.384. The maximum atomic E-state index is 11.7. The number of Topliss-reactive ketones (excluding diaryl/α,β-unsaturated/α-hetero) is 1. The Hall–Kier alpha value is -2.69. The monoisotopic (exact) mass is 283 g/mol. The summed E-state index contributed by atoms with van der Waals surface area (Å²) in [5.74, 6) is 0.751. The molecule has 0 aromatic heterocycles. The van der Waals surface area contributed by atoms with Gasteiger partial charge < -0.3 is 4.74 Å². The van der Waals surface area contributed by atoms with Crippen LogP contribution in [0.2, 0.25) is 0 Å². The van der Waals surface area contributed by atoms with Crippen LogP contribution in [0.15, 0.2) is 42.5 Å². The van der Waals surface area contributed by atoms with Crippen molar-refractivity contribution in [2.75, 3.05) is 0 Å². The lowest BCUT2D eigenvalue weighted by Crippen LogP contribution is -1.98. The Morgan fingerprint density at radius 1 is 1.14 bits per heavy atom. The fourth-order valence-corrected chi connectivity index (χ4v) is 2.43. The summed E-state index contributed by atoms with van der Waals surface area (Å²) in [6.45, 7) is 0.231. The Bertz CT molecular complexity index is 724. The molecule has 0 radical (unpaired) electrons. The number of carbonyl (C=O) groups excluding carboxylic acids is 1. The van der Waals surface area contributed by atoms with Crippen LogP contribution in [0.1, 0.15) is 27.9 Å². The molecule has 0 aliphatic heterocycles. The van der Waals surface area contributed by atoms with Gasteiger partial charge in [-0.3, -0.25) is 14.9 Å². The number of rotatable bonds is 4. The van der Waals surface area contributed by atoms with Crippen LogP contribution < -0.4 is 4.74 Å². The van der Waals surface area contributed by atoms with E-state index in [2.05, 4.69) is 0 Å². The Kier molecular flexibility index (Phi) is 3.39. The molecule has 21 heavy (non-hydrogen) atoms. The quantitative estimate of drug-likeness (QED) is 0.637. The molecule has 3 rings (SSSR count). The van der Waals surface area contributed by atoms with Gasteiger partial charge in [0.25, 0.3) is 5.69 Å². The van der Waals surface area contributed by atoms with Gasteiger partial charge >= 0.3 is 0 Å². The average molecular weight is 283 g/mol. The first kappa shape index (κ1) is 13.3. The molecule has 0 unspecified atom stereocenters. The number of fused-ring (bicyclic) bond motifs is 1. The third kappa shape index (κ3) is 2.76. The van der Waals surface area contributed by atoms with Crippen molar-refractivity contribution in [1.82, 2.24) is 0 Å². The van der Waals surface area contributed by atoms with Crippen molar-refractivity contribution in [2.24, 2.45) is 0 Å². The molecule has 0 N–H and O–H groups in total. The van der Waals surface area contributed by atoms with Crippen LogP contribution in [0.3, 0.4) is 0 Å². The zero-order valence-electron chi connectivity index (χ0n) is 11.2. The number of benzene rings is 2. The minimum atomic E-state index is -0.433. The number of nitro groups is 1. The standard InChI is InChI=1S/C16H13NO4/c18-16-7-5-12-4-6-14(9-15(12)16)21-10-11-2-1-3-13(8-11)17(19)20/h1-4,6,8-9H,5,7,10H2. The molecule has 1 aliphatic carbocycles. The maximum absolute atomic E-state index is 11.7. The minimum Gasteiger partial charge on any atom is -0.489 e. The lowest BCUT2D eigenvalue weighted by atomic mass is 10.1. The van der Waals surface area contributed by atoms with Crippen LogP contribution in [-0.4, -0.2) is 10.7 Å². The molecule has 0 atom stereocenters. The van der Waals surface area contributed by atoms with Gasteiger partial charge in [0.15, 0.2) is 5.78 Å². The van der Waals surface area contributed by atoms with Crippen LogP contribution >= 0.6 is 0 Å². The highest BCUT2D eigenvalue weighted by atomic mass is 16.6. The second-order valence-electron chi connectivity index (χ2n) is 4.96. The zero-order valence-corrected chi connectivity index (χ0v) is 11.2. The summed E-state index contributed by atoms with van der Waals surface area (Å²) in [5, 5.41) is 10.7. The van der Waals surface area contributed by atoms with Crippen molar-refractivity contribution in [3.8, 4) is 5.75 Å². The van der Waals surface area contributed by atoms with E-state index < -0.39 is 4.92 Å². The van der Waals surface area contributed by atoms with Gasteiger partial charge in [0.1, 0.15) is 12.4 Å². The molecule has 0 amide bonds. The number of nitrogens with zero attached hydrogens (tertiary/aromatic N) is 1. The van der Waals surface area contributed by atoms with E-state index in [1.54, 1.807) is 18.2 Å². The van der Waals surface area contributed by atoms with Gasteiger partial charge in [-0.1, -0.05) is 18.2 Å². The molecule has 2 aromatic carbocycles. The highest BCUT2D eigenvalue weighted by Gasteiger charge is 2.19.